The van der Waals surface area contributed by atoms with Crippen molar-refractivity contribution < 1.29 is 9.90 Å². The molecule has 0 aliphatic rings. The summed E-state index contributed by atoms with van der Waals surface area (Å²) in [4.78, 5) is 13.7. The monoisotopic (exact) mass is 283 g/mol. The number of aliphatic hydroxyl groups excluding tert-OH is 1. The van der Waals surface area contributed by atoms with E-state index in [4.69, 9.17) is 5.11 Å². The van der Waals surface area contributed by atoms with Crippen molar-refractivity contribution in [2.75, 3.05) is 13.7 Å². The van der Waals surface area contributed by atoms with Gasteiger partial charge in [-0.25, -0.2) is 0 Å². The van der Waals surface area contributed by atoms with Gasteiger partial charge < -0.3 is 10.0 Å². The predicted molar refractivity (Wildman–Crippen MR) is 79.4 cm³/mol. The van der Waals surface area contributed by atoms with Crippen LogP contribution in [-0.2, 0) is 6.54 Å². The second-order valence-corrected chi connectivity index (χ2v) is 4.62. The van der Waals surface area contributed by atoms with Crippen LogP contribution >= 0.6 is 0 Å². The number of carbonyl (C=O) groups is 1. The van der Waals surface area contributed by atoms with Gasteiger partial charge in [-0.3, -0.25) is 9.89 Å². The molecule has 0 saturated heterocycles. The molecule has 0 atom stereocenters. The van der Waals surface area contributed by atoms with Gasteiger partial charge in [-0.1, -0.05) is 24.0 Å². The number of nitrogens with zero attached hydrogens (tertiary/aromatic N) is 2. The Hall–Kier alpha value is -2.58. The van der Waals surface area contributed by atoms with E-state index < -0.39 is 0 Å². The minimum absolute atomic E-state index is 0.0736. The molecule has 1 heterocycles. The molecule has 5 heteroatoms. The average molecular weight is 283 g/mol. The van der Waals surface area contributed by atoms with Crippen LogP contribution in [0.25, 0.3) is 0 Å². The summed E-state index contributed by atoms with van der Waals surface area (Å²) in [6, 6.07) is 7.72. The molecule has 21 heavy (non-hydrogen) atoms. The molecule has 1 amide bonds. The Balaban J connectivity index is 1.97. The summed E-state index contributed by atoms with van der Waals surface area (Å²) in [6.45, 7) is 0.598. The van der Waals surface area contributed by atoms with E-state index in [-0.39, 0.29) is 12.5 Å². The van der Waals surface area contributed by atoms with Crippen LogP contribution in [-0.4, -0.2) is 39.8 Å². The zero-order valence-corrected chi connectivity index (χ0v) is 11.8. The van der Waals surface area contributed by atoms with Gasteiger partial charge in [0.15, 0.2) is 0 Å². The summed E-state index contributed by atoms with van der Waals surface area (Å²) in [5.74, 6) is 5.77. The molecule has 0 spiro atoms. The fourth-order valence-corrected chi connectivity index (χ4v) is 1.85. The Morgan fingerprint density at radius 1 is 1.38 bits per heavy atom. The molecule has 0 bridgehead atoms. The number of hydrogen-bond acceptors (Lipinski definition) is 3. The van der Waals surface area contributed by atoms with Gasteiger partial charge in [-0.15, -0.1) is 0 Å². The number of hydrogen-bond donors (Lipinski definition) is 2. The SMILES string of the molecule is CN(Cc1ccc(C#CCCO)cc1)C(=O)c1cn[nH]c1. The smallest absolute Gasteiger partial charge is 0.257 e. The fourth-order valence-electron chi connectivity index (χ4n) is 1.85. The number of nitrogens with one attached hydrogen (secondary N) is 1. The first-order valence-electron chi connectivity index (χ1n) is 6.63. The van der Waals surface area contributed by atoms with Crippen molar-refractivity contribution >= 4 is 5.91 Å². The van der Waals surface area contributed by atoms with Crippen LogP contribution in [0, 0.1) is 11.8 Å². The molecule has 0 aliphatic carbocycles. The molecule has 0 saturated carbocycles. The Bertz CT molecular complexity index is 636. The van der Waals surface area contributed by atoms with Crippen LogP contribution in [0.2, 0.25) is 0 Å². The highest BCUT2D eigenvalue weighted by molar-refractivity contribution is 5.93. The third-order valence-corrected chi connectivity index (χ3v) is 2.94. The number of aromatic amines is 1. The maximum Gasteiger partial charge on any atom is 0.257 e. The number of aliphatic hydroxyl groups is 1. The van der Waals surface area contributed by atoms with Gasteiger partial charge in [0.1, 0.15) is 0 Å². The zero-order valence-electron chi connectivity index (χ0n) is 11.8. The lowest BCUT2D eigenvalue weighted by Crippen LogP contribution is -2.25. The van der Waals surface area contributed by atoms with Gasteiger partial charge in [-0.05, 0) is 17.7 Å². The summed E-state index contributed by atoms with van der Waals surface area (Å²) in [6.07, 6.45) is 3.57. The first-order chi connectivity index (χ1) is 10.2. The van der Waals surface area contributed by atoms with Crippen molar-refractivity contribution in [3.63, 3.8) is 0 Å². The standard InChI is InChI=1S/C16H17N3O2/c1-19(16(21)15-10-17-18-11-15)12-14-7-5-13(6-8-14)4-2-3-9-20/h5-8,10-11,20H,3,9,12H2,1H3,(H,17,18). The van der Waals surface area contributed by atoms with Crippen molar-refractivity contribution in [1.82, 2.24) is 15.1 Å². The van der Waals surface area contributed by atoms with Gasteiger partial charge in [0.05, 0.1) is 18.4 Å². The fraction of sp³-hybridized carbons (Fsp3) is 0.250. The summed E-state index contributed by atoms with van der Waals surface area (Å²) in [5, 5.41) is 15.1. The largest absolute Gasteiger partial charge is 0.395 e. The van der Waals surface area contributed by atoms with Gasteiger partial charge in [0, 0.05) is 31.8 Å². The van der Waals surface area contributed by atoms with E-state index in [0.29, 0.717) is 18.5 Å². The van der Waals surface area contributed by atoms with Crippen molar-refractivity contribution in [3.05, 3.63) is 53.3 Å². The van der Waals surface area contributed by atoms with E-state index >= 15 is 0 Å². The quantitative estimate of drug-likeness (QED) is 0.834. The minimum Gasteiger partial charge on any atom is -0.395 e. The van der Waals surface area contributed by atoms with Crippen LogP contribution < -0.4 is 0 Å². The van der Waals surface area contributed by atoms with E-state index in [0.717, 1.165) is 11.1 Å². The summed E-state index contributed by atoms with van der Waals surface area (Å²) in [5.41, 5.74) is 2.47. The van der Waals surface area contributed by atoms with Crippen LogP contribution in [0.4, 0.5) is 0 Å². The molecule has 2 aromatic rings. The molecular weight excluding hydrogens is 266 g/mol. The zero-order chi connectivity index (χ0) is 15.1. The second kappa shape index (κ2) is 7.27. The van der Waals surface area contributed by atoms with Gasteiger partial charge in [0.25, 0.3) is 5.91 Å². The van der Waals surface area contributed by atoms with Gasteiger partial charge in [-0.2, -0.15) is 5.10 Å². The second-order valence-electron chi connectivity index (χ2n) is 4.62. The Labute approximate surface area is 123 Å². The first-order valence-corrected chi connectivity index (χ1v) is 6.63. The van der Waals surface area contributed by atoms with Crippen molar-refractivity contribution in [3.8, 4) is 11.8 Å². The molecule has 2 N–H and O–H groups in total. The number of carbonyl (C=O) groups excluding carboxylic acids is 1. The number of rotatable bonds is 4. The van der Waals surface area contributed by atoms with Crippen LogP contribution in [0.5, 0.6) is 0 Å². The lowest BCUT2D eigenvalue weighted by Gasteiger charge is -2.16. The number of amides is 1. The lowest BCUT2D eigenvalue weighted by atomic mass is 10.1. The van der Waals surface area contributed by atoms with E-state index in [9.17, 15) is 4.79 Å². The summed E-state index contributed by atoms with van der Waals surface area (Å²) >= 11 is 0. The molecule has 5 nitrogen and oxygen atoms in total. The highest BCUT2D eigenvalue weighted by atomic mass is 16.2. The number of benzene rings is 1. The molecule has 0 aliphatic heterocycles. The molecule has 0 fully saturated rings. The maximum atomic E-state index is 12.1. The Morgan fingerprint density at radius 2 is 2.14 bits per heavy atom. The molecule has 1 aromatic heterocycles. The first kappa shape index (κ1) is 14.8. The van der Waals surface area contributed by atoms with Gasteiger partial charge >= 0.3 is 0 Å². The molecule has 2 rings (SSSR count). The van der Waals surface area contributed by atoms with Gasteiger partial charge in [0.2, 0.25) is 0 Å². The average Bonchev–Trinajstić information content (AvgIpc) is 3.02. The summed E-state index contributed by atoms with van der Waals surface area (Å²) in [7, 11) is 1.75. The highest BCUT2D eigenvalue weighted by Gasteiger charge is 2.12. The topological polar surface area (TPSA) is 69.2 Å². The van der Waals surface area contributed by atoms with E-state index in [1.54, 1.807) is 18.1 Å². The maximum absolute atomic E-state index is 12.1. The van der Waals surface area contributed by atoms with Crippen molar-refractivity contribution in [1.29, 1.82) is 0 Å². The third kappa shape index (κ3) is 4.20. The normalized spacial score (nSPS) is 9.81. The summed E-state index contributed by atoms with van der Waals surface area (Å²) < 4.78 is 0. The lowest BCUT2D eigenvalue weighted by molar-refractivity contribution is 0.0785. The third-order valence-electron chi connectivity index (χ3n) is 2.94. The minimum atomic E-state index is -0.0736. The molecular formula is C16H17N3O2. The van der Waals surface area contributed by atoms with Crippen molar-refractivity contribution in [2.24, 2.45) is 0 Å². The predicted octanol–water partition coefficient (Wildman–Crippen LogP) is 1.42. The van der Waals surface area contributed by atoms with Crippen LogP contribution in [0.3, 0.4) is 0 Å². The molecule has 108 valence electrons. The Morgan fingerprint density at radius 3 is 2.76 bits per heavy atom. The number of aromatic nitrogens is 2. The van der Waals surface area contributed by atoms with E-state index in [2.05, 4.69) is 22.0 Å². The molecule has 0 unspecified atom stereocenters. The Kier molecular flexibility index (Phi) is 5.13. The number of H-pyrrole nitrogens is 1. The molecule has 1 aromatic carbocycles. The van der Waals surface area contributed by atoms with E-state index in [1.165, 1.54) is 6.20 Å². The molecule has 0 radical (unpaired) electrons. The van der Waals surface area contributed by atoms with Crippen molar-refractivity contribution in [2.45, 2.75) is 13.0 Å². The van der Waals surface area contributed by atoms with Crippen LogP contribution in [0.1, 0.15) is 27.9 Å². The van der Waals surface area contributed by atoms with E-state index in [1.807, 2.05) is 24.3 Å². The highest BCUT2D eigenvalue weighted by Crippen LogP contribution is 2.08. The van der Waals surface area contributed by atoms with Crippen LogP contribution in [0.15, 0.2) is 36.7 Å².